The molecule has 1 heteroatoms. The zero-order chi connectivity index (χ0) is 21.8. The molecule has 0 saturated heterocycles. The number of rotatable bonds is 3. The Balaban J connectivity index is 1.59. The summed E-state index contributed by atoms with van der Waals surface area (Å²) >= 11 is 0. The van der Waals surface area contributed by atoms with Gasteiger partial charge in [-0.1, -0.05) is 86.6 Å². The van der Waals surface area contributed by atoms with Gasteiger partial charge in [0.25, 0.3) is 0 Å². The highest BCUT2D eigenvalue weighted by molar-refractivity contribution is 6.13. The standard InChI is InChI=1S/C31H26O/c1-3-19-15-20(4-2)29-28(16-19)31(32)27-12-8-7-11-26(27)30(29)22-13-14-25-23(18-22)17-21-9-5-6-10-24(21)25/h5-16,18,30H,3-4,17H2,1-2H3. The summed E-state index contributed by atoms with van der Waals surface area (Å²) in [5.74, 6) is 0.263. The van der Waals surface area contributed by atoms with E-state index in [4.69, 9.17) is 0 Å². The summed E-state index contributed by atoms with van der Waals surface area (Å²) in [6.45, 7) is 4.37. The molecule has 0 heterocycles. The van der Waals surface area contributed by atoms with Gasteiger partial charge in [0.15, 0.2) is 5.78 Å². The first-order valence-corrected chi connectivity index (χ1v) is 11.7. The molecule has 1 nitrogen and oxygen atoms in total. The highest BCUT2D eigenvalue weighted by atomic mass is 16.1. The van der Waals surface area contributed by atoms with Crippen molar-refractivity contribution in [3.05, 3.63) is 129 Å². The highest BCUT2D eigenvalue weighted by Gasteiger charge is 2.34. The summed E-state index contributed by atoms with van der Waals surface area (Å²) in [7, 11) is 0. The average molecular weight is 415 g/mol. The van der Waals surface area contributed by atoms with Crippen molar-refractivity contribution in [2.75, 3.05) is 0 Å². The first-order chi connectivity index (χ1) is 15.7. The maximum Gasteiger partial charge on any atom is 0.193 e. The molecule has 156 valence electrons. The van der Waals surface area contributed by atoms with Crippen LogP contribution in [0.1, 0.15) is 74.6 Å². The molecular weight excluding hydrogens is 388 g/mol. The van der Waals surface area contributed by atoms with Gasteiger partial charge in [-0.15, -0.1) is 0 Å². The molecular formula is C31H26O. The maximum atomic E-state index is 13.6. The monoisotopic (exact) mass is 414 g/mol. The number of ketones is 1. The maximum absolute atomic E-state index is 13.6. The van der Waals surface area contributed by atoms with E-state index in [1.807, 2.05) is 12.1 Å². The number of hydrogen-bond donors (Lipinski definition) is 0. The molecule has 2 aliphatic carbocycles. The fraction of sp³-hybridized carbons (Fsp3) is 0.194. The molecule has 0 fully saturated rings. The van der Waals surface area contributed by atoms with E-state index in [0.717, 1.165) is 36.0 Å². The lowest BCUT2D eigenvalue weighted by molar-refractivity contribution is 0.103. The lowest BCUT2D eigenvalue weighted by atomic mass is 9.71. The van der Waals surface area contributed by atoms with Crippen LogP contribution in [0.2, 0.25) is 0 Å². The summed E-state index contributed by atoms with van der Waals surface area (Å²) < 4.78 is 0. The Morgan fingerprint density at radius 2 is 1.47 bits per heavy atom. The molecule has 1 atom stereocenters. The second kappa shape index (κ2) is 7.31. The molecule has 0 bridgehead atoms. The van der Waals surface area contributed by atoms with Gasteiger partial charge in [0.2, 0.25) is 0 Å². The molecule has 4 aromatic carbocycles. The topological polar surface area (TPSA) is 17.1 Å². The Bertz CT molecular complexity index is 1390. The van der Waals surface area contributed by atoms with Crippen LogP contribution >= 0.6 is 0 Å². The number of carbonyl (C=O) groups is 1. The minimum atomic E-state index is 0.0915. The minimum absolute atomic E-state index is 0.0915. The Kier molecular flexibility index (Phi) is 4.40. The normalized spacial score (nSPS) is 15.7. The van der Waals surface area contributed by atoms with E-state index < -0.39 is 0 Å². The number of hydrogen-bond acceptors (Lipinski definition) is 1. The summed E-state index contributed by atoms with van der Waals surface area (Å²) in [6, 6.07) is 28.4. The average Bonchev–Trinajstić information content (AvgIpc) is 3.21. The van der Waals surface area contributed by atoms with E-state index in [1.54, 1.807) is 0 Å². The minimum Gasteiger partial charge on any atom is -0.289 e. The molecule has 32 heavy (non-hydrogen) atoms. The summed E-state index contributed by atoms with van der Waals surface area (Å²) in [5.41, 5.74) is 13.4. The van der Waals surface area contributed by atoms with Crippen molar-refractivity contribution < 1.29 is 4.79 Å². The van der Waals surface area contributed by atoms with E-state index >= 15 is 0 Å². The number of benzene rings is 4. The van der Waals surface area contributed by atoms with Gasteiger partial charge in [-0.2, -0.15) is 0 Å². The fourth-order valence-corrected chi connectivity index (χ4v) is 5.75. The van der Waals surface area contributed by atoms with Gasteiger partial charge in [-0.3, -0.25) is 4.79 Å². The number of fused-ring (bicyclic) bond motifs is 5. The molecule has 0 spiro atoms. The van der Waals surface area contributed by atoms with Crippen molar-refractivity contribution in [3.63, 3.8) is 0 Å². The van der Waals surface area contributed by atoms with Gasteiger partial charge in [-0.05, 0) is 75.4 Å². The van der Waals surface area contributed by atoms with Crippen LogP contribution in [-0.2, 0) is 19.3 Å². The van der Waals surface area contributed by atoms with Crippen molar-refractivity contribution in [2.24, 2.45) is 0 Å². The summed E-state index contributed by atoms with van der Waals surface area (Å²) in [6.07, 6.45) is 2.85. The van der Waals surface area contributed by atoms with Gasteiger partial charge >= 0.3 is 0 Å². The molecule has 0 N–H and O–H groups in total. The number of carbonyl (C=O) groups excluding carboxylic acids is 1. The first-order valence-electron chi connectivity index (χ1n) is 11.7. The van der Waals surface area contributed by atoms with Crippen LogP contribution in [0.4, 0.5) is 0 Å². The van der Waals surface area contributed by atoms with Gasteiger partial charge in [0.05, 0.1) is 0 Å². The first kappa shape index (κ1) is 19.3. The van der Waals surface area contributed by atoms with Crippen LogP contribution in [0.15, 0.2) is 78.9 Å². The number of aryl methyl sites for hydroxylation is 2. The van der Waals surface area contributed by atoms with Gasteiger partial charge in [0.1, 0.15) is 0 Å². The summed E-state index contributed by atoms with van der Waals surface area (Å²) in [5, 5.41) is 0. The zero-order valence-corrected chi connectivity index (χ0v) is 18.6. The van der Waals surface area contributed by atoms with E-state index in [9.17, 15) is 4.79 Å². The van der Waals surface area contributed by atoms with Crippen molar-refractivity contribution >= 4 is 5.78 Å². The Hall–Kier alpha value is -3.45. The second-order valence-corrected chi connectivity index (χ2v) is 9.02. The van der Waals surface area contributed by atoms with Crippen molar-refractivity contribution in [2.45, 2.75) is 39.0 Å². The molecule has 0 saturated carbocycles. The van der Waals surface area contributed by atoms with Gasteiger partial charge < -0.3 is 0 Å². The Morgan fingerprint density at radius 3 is 2.28 bits per heavy atom. The summed E-state index contributed by atoms with van der Waals surface area (Å²) in [4.78, 5) is 13.6. The lowest BCUT2D eigenvalue weighted by Gasteiger charge is -2.31. The molecule has 4 aromatic rings. The molecule has 2 aliphatic rings. The van der Waals surface area contributed by atoms with Gasteiger partial charge in [-0.25, -0.2) is 0 Å². The predicted octanol–water partition coefficient (Wildman–Crippen LogP) is 7.11. The SMILES string of the molecule is CCc1cc(CC)c2c(c1)C(=O)c1ccccc1C2c1ccc2c(c1)Cc1ccccc1-2. The molecule has 0 aliphatic heterocycles. The van der Waals surface area contributed by atoms with Crippen molar-refractivity contribution in [1.29, 1.82) is 0 Å². The van der Waals surface area contributed by atoms with E-state index in [-0.39, 0.29) is 11.7 Å². The van der Waals surface area contributed by atoms with E-state index in [2.05, 4.69) is 80.6 Å². The van der Waals surface area contributed by atoms with Gasteiger partial charge in [0, 0.05) is 17.0 Å². The third kappa shape index (κ3) is 2.74. The van der Waals surface area contributed by atoms with Crippen LogP contribution < -0.4 is 0 Å². The lowest BCUT2D eigenvalue weighted by Crippen LogP contribution is -2.22. The second-order valence-electron chi connectivity index (χ2n) is 9.02. The Labute approximate surface area is 189 Å². The van der Waals surface area contributed by atoms with Crippen molar-refractivity contribution in [1.82, 2.24) is 0 Å². The zero-order valence-electron chi connectivity index (χ0n) is 18.6. The Morgan fingerprint density at radius 1 is 0.719 bits per heavy atom. The third-order valence-electron chi connectivity index (χ3n) is 7.32. The fourth-order valence-electron chi connectivity index (χ4n) is 5.75. The molecule has 0 aromatic heterocycles. The van der Waals surface area contributed by atoms with Crippen LogP contribution in [0, 0.1) is 0 Å². The highest BCUT2D eigenvalue weighted by Crippen LogP contribution is 2.45. The van der Waals surface area contributed by atoms with Crippen LogP contribution in [0.3, 0.4) is 0 Å². The molecule has 6 rings (SSSR count). The molecule has 1 unspecified atom stereocenters. The molecule has 0 radical (unpaired) electrons. The van der Waals surface area contributed by atoms with E-state index in [0.29, 0.717) is 0 Å². The van der Waals surface area contributed by atoms with Crippen molar-refractivity contribution in [3.8, 4) is 11.1 Å². The van der Waals surface area contributed by atoms with E-state index in [1.165, 1.54) is 44.5 Å². The quantitative estimate of drug-likeness (QED) is 0.302. The van der Waals surface area contributed by atoms with Crippen LogP contribution in [0.25, 0.3) is 11.1 Å². The third-order valence-corrected chi connectivity index (χ3v) is 7.32. The predicted molar refractivity (Wildman–Crippen MR) is 131 cm³/mol. The molecule has 0 amide bonds. The van der Waals surface area contributed by atoms with Crippen LogP contribution in [-0.4, -0.2) is 5.78 Å². The van der Waals surface area contributed by atoms with Crippen LogP contribution in [0.5, 0.6) is 0 Å². The largest absolute Gasteiger partial charge is 0.289 e. The smallest absolute Gasteiger partial charge is 0.193 e.